The Morgan fingerprint density at radius 2 is 2.18 bits per heavy atom. The third-order valence-corrected chi connectivity index (χ3v) is 1.40. The maximum absolute atomic E-state index is 12.3. The molecule has 11 heavy (non-hydrogen) atoms. The normalized spacial score (nSPS) is 9.27. The van der Waals surface area contributed by atoms with Gasteiger partial charge in [0.15, 0.2) is 5.15 Å². The molecule has 0 N–H and O–H groups in total. The lowest BCUT2D eigenvalue weighted by Crippen LogP contribution is -1.97. The smallest absolute Gasteiger partial charge is 0.206 e. The summed E-state index contributed by atoms with van der Waals surface area (Å²) >= 11 is 5.42. The van der Waals surface area contributed by atoms with E-state index in [0.717, 1.165) is 0 Å². The fourth-order valence-corrected chi connectivity index (χ4v) is 0.881. The van der Waals surface area contributed by atoms with E-state index >= 15 is 0 Å². The van der Waals surface area contributed by atoms with E-state index in [0.29, 0.717) is 0 Å². The van der Waals surface area contributed by atoms with Gasteiger partial charge in [0.25, 0.3) is 0 Å². The van der Waals surface area contributed by atoms with Crippen LogP contribution in [0.4, 0.5) is 4.39 Å². The predicted molar refractivity (Wildman–Crippen MR) is 36.5 cm³/mol. The molecule has 0 bridgehead atoms. The van der Waals surface area contributed by atoms with Gasteiger partial charge < -0.3 is 0 Å². The first-order valence-electron chi connectivity index (χ1n) is 2.75. The van der Waals surface area contributed by atoms with Gasteiger partial charge in [-0.25, -0.2) is 4.98 Å². The zero-order valence-corrected chi connectivity index (χ0v) is 6.35. The van der Waals surface area contributed by atoms with Crippen LogP contribution in [0, 0.1) is 24.3 Å². The van der Waals surface area contributed by atoms with E-state index in [1.807, 2.05) is 0 Å². The van der Waals surface area contributed by atoms with Crippen molar-refractivity contribution in [2.24, 2.45) is 0 Å². The average molecular weight is 172 g/mol. The molecule has 0 saturated carbocycles. The van der Waals surface area contributed by atoms with Crippen molar-refractivity contribution >= 4 is 11.6 Å². The number of aromatic nitrogens is 2. The van der Waals surface area contributed by atoms with Gasteiger partial charge in [-0.05, 0) is 6.92 Å². The molecule has 0 saturated heterocycles. The van der Waals surface area contributed by atoms with Gasteiger partial charge in [-0.15, -0.1) is 0 Å². The maximum Gasteiger partial charge on any atom is 0.310 e. The van der Waals surface area contributed by atoms with Crippen molar-refractivity contribution in [2.75, 3.05) is 0 Å². The number of halogens is 2. The number of nitriles is 1. The molecule has 0 aliphatic heterocycles. The third kappa shape index (κ3) is 1.44. The highest BCUT2D eigenvalue weighted by Crippen LogP contribution is 2.13. The van der Waals surface area contributed by atoms with Crippen molar-refractivity contribution in [1.82, 2.24) is 9.97 Å². The highest BCUT2D eigenvalue weighted by atomic mass is 35.5. The summed E-state index contributed by atoms with van der Waals surface area (Å²) in [6.07, 6.45) is -0.911. The molecule has 3 nitrogen and oxygen atoms in total. The van der Waals surface area contributed by atoms with Crippen molar-refractivity contribution < 1.29 is 4.39 Å². The van der Waals surface area contributed by atoms with Crippen molar-refractivity contribution in [3.05, 3.63) is 22.5 Å². The molecule has 0 spiro atoms. The van der Waals surface area contributed by atoms with E-state index in [4.69, 9.17) is 16.9 Å². The number of hydrogen-bond acceptors (Lipinski definition) is 3. The Hall–Kier alpha value is -1.21. The lowest BCUT2D eigenvalue weighted by molar-refractivity contribution is 0.534. The van der Waals surface area contributed by atoms with Crippen LogP contribution in [-0.4, -0.2) is 9.97 Å². The monoisotopic (exact) mass is 171 g/mol. The van der Waals surface area contributed by atoms with Gasteiger partial charge in [-0.1, -0.05) is 11.6 Å². The number of nitrogens with zero attached hydrogens (tertiary/aromatic N) is 3. The molecule has 0 amide bonds. The number of hydrogen-bond donors (Lipinski definition) is 0. The first-order valence-corrected chi connectivity index (χ1v) is 3.12. The van der Waals surface area contributed by atoms with E-state index in [-0.39, 0.29) is 16.4 Å². The summed E-state index contributed by atoms with van der Waals surface area (Å²) in [5.41, 5.74) is 0.373. The van der Waals surface area contributed by atoms with E-state index in [9.17, 15) is 4.39 Å². The lowest BCUT2D eigenvalue weighted by Gasteiger charge is -1.96. The van der Waals surface area contributed by atoms with Gasteiger partial charge in [0, 0.05) is 0 Å². The Labute approximate surface area is 67.5 Å². The standard InChI is InChI=1S/C6H3ClFN3/c1-3-4(2-9)5(7)11-6(8)10-3/h1H3. The summed E-state index contributed by atoms with van der Waals surface area (Å²) in [6, 6.07) is 1.77. The number of rotatable bonds is 0. The van der Waals surface area contributed by atoms with Crippen molar-refractivity contribution in [2.45, 2.75) is 6.92 Å². The fraction of sp³-hybridized carbons (Fsp3) is 0.167. The van der Waals surface area contributed by atoms with Crippen LogP contribution in [0.3, 0.4) is 0 Å². The van der Waals surface area contributed by atoms with Crippen LogP contribution in [0.1, 0.15) is 11.3 Å². The molecule has 1 aromatic heterocycles. The van der Waals surface area contributed by atoms with Crippen LogP contribution in [0.25, 0.3) is 0 Å². The maximum atomic E-state index is 12.3. The molecule has 5 heteroatoms. The van der Waals surface area contributed by atoms with Crippen molar-refractivity contribution in [3.8, 4) is 6.07 Å². The minimum atomic E-state index is -0.911. The molecule has 0 atom stereocenters. The van der Waals surface area contributed by atoms with Crippen molar-refractivity contribution in [3.63, 3.8) is 0 Å². The summed E-state index contributed by atoms with van der Waals surface area (Å²) in [6.45, 7) is 1.50. The lowest BCUT2D eigenvalue weighted by atomic mass is 10.3. The summed E-state index contributed by atoms with van der Waals surface area (Å²) in [5, 5.41) is 8.31. The predicted octanol–water partition coefficient (Wildman–Crippen LogP) is 1.45. The second-order valence-electron chi connectivity index (χ2n) is 1.86. The summed E-state index contributed by atoms with van der Waals surface area (Å²) in [4.78, 5) is 6.49. The van der Waals surface area contributed by atoms with E-state index in [1.165, 1.54) is 6.92 Å². The van der Waals surface area contributed by atoms with Crippen LogP contribution in [0.2, 0.25) is 5.15 Å². The molecule has 1 heterocycles. The van der Waals surface area contributed by atoms with Gasteiger partial charge in [0.2, 0.25) is 0 Å². The first-order chi connectivity index (χ1) is 5.15. The minimum Gasteiger partial charge on any atom is -0.206 e. The number of aryl methyl sites for hydroxylation is 1. The topological polar surface area (TPSA) is 49.6 Å². The molecule has 0 aliphatic rings. The average Bonchev–Trinajstić information content (AvgIpc) is 1.85. The van der Waals surface area contributed by atoms with Gasteiger partial charge in [-0.3, -0.25) is 0 Å². The molecule has 0 unspecified atom stereocenters. The Bertz CT molecular complexity index is 308. The molecule has 1 aromatic rings. The molecule has 0 aliphatic carbocycles. The van der Waals surface area contributed by atoms with Crippen LogP contribution in [-0.2, 0) is 0 Å². The Morgan fingerprint density at radius 1 is 1.55 bits per heavy atom. The molecule has 56 valence electrons. The van der Waals surface area contributed by atoms with E-state index < -0.39 is 6.08 Å². The van der Waals surface area contributed by atoms with Gasteiger partial charge in [-0.2, -0.15) is 14.6 Å². The third-order valence-electron chi connectivity index (χ3n) is 1.13. The van der Waals surface area contributed by atoms with Crippen LogP contribution in [0.15, 0.2) is 0 Å². The largest absolute Gasteiger partial charge is 0.310 e. The Kier molecular flexibility index (Phi) is 2.01. The van der Waals surface area contributed by atoms with E-state index in [2.05, 4.69) is 9.97 Å². The summed E-state index contributed by atoms with van der Waals surface area (Å²) in [7, 11) is 0. The molecular formula is C6H3ClFN3. The van der Waals surface area contributed by atoms with Crippen LogP contribution in [0.5, 0.6) is 0 Å². The molecular weight excluding hydrogens is 169 g/mol. The second-order valence-corrected chi connectivity index (χ2v) is 2.21. The molecule has 0 fully saturated rings. The zero-order valence-electron chi connectivity index (χ0n) is 5.60. The van der Waals surface area contributed by atoms with E-state index in [1.54, 1.807) is 6.07 Å². The minimum absolute atomic E-state index is 0.119. The van der Waals surface area contributed by atoms with Gasteiger partial charge >= 0.3 is 6.08 Å². The van der Waals surface area contributed by atoms with Crippen LogP contribution >= 0.6 is 11.6 Å². The molecule has 0 aromatic carbocycles. The summed E-state index contributed by atoms with van der Waals surface area (Å²) in [5.74, 6) is 0. The molecule has 0 radical (unpaired) electrons. The van der Waals surface area contributed by atoms with Crippen LogP contribution < -0.4 is 0 Å². The highest BCUT2D eigenvalue weighted by molar-refractivity contribution is 6.30. The van der Waals surface area contributed by atoms with Gasteiger partial charge in [0.05, 0.1) is 5.69 Å². The van der Waals surface area contributed by atoms with Gasteiger partial charge in [0.1, 0.15) is 11.6 Å². The quantitative estimate of drug-likeness (QED) is 0.439. The fourth-order valence-electron chi connectivity index (χ4n) is 0.632. The zero-order chi connectivity index (χ0) is 8.43. The Morgan fingerprint density at radius 3 is 2.64 bits per heavy atom. The second kappa shape index (κ2) is 2.81. The molecule has 1 rings (SSSR count). The summed E-state index contributed by atoms with van der Waals surface area (Å²) < 4.78 is 12.3. The Balaban J connectivity index is 3.40. The SMILES string of the molecule is Cc1nc(F)nc(Cl)c1C#N. The highest BCUT2D eigenvalue weighted by Gasteiger charge is 2.07. The first kappa shape index (κ1) is 7.89. The van der Waals surface area contributed by atoms with Crippen molar-refractivity contribution in [1.29, 1.82) is 5.26 Å².